The van der Waals surface area contributed by atoms with Crippen LogP contribution in [0.2, 0.25) is 0 Å². The summed E-state index contributed by atoms with van der Waals surface area (Å²) < 4.78 is 1.90. The lowest BCUT2D eigenvalue weighted by atomic mass is 10.1. The lowest BCUT2D eigenvalue weighted by Crippen LogP contribution is -2.30. The summed E-state index contributed by atoms with van der Waals surface area (Å²) in [5, 5.41) is 9.45. The standard InChI is InChI=1S/C14H19N3O/c1-2-16-7-3-4-12(16)8-11-9-17-10-13(18)5-6-14(17)15-11/h5-6,9-10,12,18H,2-4,7-8H2,1H3. The molecule has 3 rings (SSSR count). The number of pyridine rings is 1. The minimum atomic E-state index is 0.280. The Balaban J connectivity index is 1.82. The minimum absolute atomic E-state index is 0.280. The molecule has 1 atom stereocenters. The largest absolute Gasteiger partial charge is 0.506 e. The Bertz CT molecular complexity index is 549. The number of nitrogens with zero attached hydrogens (tertiary/aromatic N) is 3. The van der Waals surface area contributed by atoms with Gasteiger partial charge in [-0.1, -0.05) is 6.92 Å². The predicted molar refractivity (Wildman–Crippen MR) is 70.8 cm³/mol. The van der Waals surface area contributed by atoms with Gasteiger partial charge in [0.05, 0.1) is 11.9 Å². The van der Waals surface area contributed by atoms with Crippen LogP contribution in [0, 0.1) is 0 Å². The van der Waals surface area contributed by atoms with Gasteiger partial charge in [0.2, 0.25) is 0 Å². The van der Waals surface area contributed by atoms with Crippen molar-refractivity contribution in [3.05, 3.63) is 30.2 Å². The van der Waals surface area contributed by atoms with Crippen molar-refractivity contribution in [2.75, 3.05) is 13.1 Å². The molecule has 0 aliphatic carbocycles. The van der Waals surface area contributed by atoms with Crippen molar-refractivity contribution in [2.45, 2.75) is 32.2 Å². The molecule has 2 aromatic rings. The van der Waals surface area contributed by atoms with Gasteiger partial charge in [0.15, 0.2) is 0 Å². The van der Waals surface area contributed by atoms with Gasteiger partial charge in [-0.05, 0) is 38.1 Å². The number of hydrogen-bond acceptors (Lipinski definition) is 3. The van der Waals surface area contributed by atoms with Crippen LogP contribution in [0.1, 0.15) is 25.5 Å². The molecule has 2 aromatic heterocycles. The molecule has 1 aliphatic heterocycles. The molecule has 0 bridgehead atoms. The maximum absolute atomic E-state index is 9.45. The molecule has 4 nitrogen and oxygen atoms in total. The number of likely N-dealkylation sites (N-methyl/N-ethyl adjacent to an activating group) is 1. The van der Waals surface area contributed by atoms with Crippen LogP contribution >= 0.6 is 0 Å². The number of rotatable bonds is 3. The van der Waals surface area contributed by atoms with Gasteiger partial charge in [-0.3, -0.25) is 0 Å². The van der Waals surface area contributed by atoms with E-state index in [9.17, 15) is 5.11 Å². The van der Waals surface area contributed by atoms with Gasteiger partial charge in [0, 0.05) is 18.7 Å². The molecule has 1 N–H and O–H groups in total. The van der Waals surface area contributed by atoms with Crippen LogP contribution in [0.25, 0.3) is 5.65 Å². The summed E-state index contributed by atoms with van der Waals surface area (Å²) in [5.74, 6) is 0.280. The van der Waals surface area contributed by atoms with Gasteiger partial charge in [-0.15, -0.1) is 0 Å². The van der Waals surface area contributed by atoms with Crippen molar-refractivity contribution in [3.63, 3.8) is 0 Å². The number of aromatic nitrogens is 2. The van der Waals surface area contributed by atoms with Crippen molar-refractivity contribution in [2.24, 2.45) is 0 Å². The van der Waals surface area contributed by atoms with Crippen LogP contribution in [0.4, 0.5) is 0 Å². The summed E-state index contributed by atoms with van der Waals surface area (Å²) >= 11 is 0. The fourth-order valence-corrected chi connectivity index (χ4v) is 2.91. The fourth-order valence-electron chi connectivity index (χ4n) is 2.91. The van der Waals surface area contributed by atoms with Crippen LogP contribution in [0.3, 0.4) is 0 Å². The van der Waals surface area contributed by atoms with Crippen molar-refractivity contribution in [1.29, 1.82) is 0 Å². The third-order valence-corrected chi connectivity index (χ3v) is 3.84. The maximum Gasteiger partial charge on any atom is 0.137 e. The summed E-state index contributed by atoms with van der Waals surface area (Å²) in [6.07, 6.45) is 7.31. The molecular formula is C14H19N3O. The Labute approximate surface area is 107 Å². The monoisotopic (exact) mass is 245 g/mol. The Morgan fingerprint density at radius 3 is 3.11 bits per heavy atom. The number of fused-ring (bicyclic) bond motifs is 1. The molecule has 1 unspecified atom stereocenters. The summed E-state index contributed by atoms with van der Waals surface area (Å²) in [6.45, 7) is 4.56. The number of aromatic hydroxyl groups is 1. The smallest absolute Gasteiger partial charge is 0.137 e. The first-order valence-corrected chi connectivity index (χ1v) is 6.67. The van der Waals surface area contributed by atoms with Crippen LogP contribution in [-0.4, -0.2) is 38.5 Å². The topological polar surface area (TPSA) is 40.8 Å². The third-order valence-electron chi connectivity index (χ3n) is 3.84. The highest BCUT2D eigenvalue weighted by atomic mass is 16.3. The Morgan fingerprint density at radius 2 is 2.28 bits per heavy atom. The molecule has 1 saturated heterocycles. The van der Waals surface area contributed by atoms with Crippen LogP contribution in [0.15, 0.2) is 24.5 Å². The van der Waals surface area contributed by atoms with E-state index in [0.29, 0.717) is 6.04 Å². The third kappa shape index (κ3) is 2.08. The second-order valence-electron chi connectivity index (χ2n) is 5.01. The molecule has 0 radical (unpaired) electrons. The zero-order valence-corrected chi connectivity index (χ0v) is 10.7. The summed E-state index contributed by atoms with van der Waals surface area (Å²) in [7, 11) is 0. The molecule has 4 heteroatoms. The van der Waals surface area contributed by atoms with Gasteiger partial charge in [0.25, 0.3) is 0 Å². The molecule has 18 heavy (non-hydrogen) atoms. The molecule has 0 amide bonds. The Morgan fingerprint density at radius 1 is 1.39 bits per heavy atom. The van der Waals surface area contributed by atoms with E-state index in [4.69, 9.17) is 0 Å². The quantitative estimate of drug-likeness (QED) is 0.900. The molecule has 0 saturated carbocycles. The maximum atomic E-state index is 9.45. The average Bonchev–Trinajstić information content (AvgIpc) is 2.94. The van der Waals surface area contributed by atoms with E-state index in [1.54, 1.807) is 12.3 Å². The zero-order chi connectivity index (χ0) is 12.5. The van der Waals surface area contributed by atoms with E-state index >= 15 is 0 Å². The Kier molecular flexibility index (Phi) is 2.96. The first-order valence-electron chi connectivity index (χ1n) is 6.67. The average molecular weight is 245 g/mol. The van der Waals surface area contributed by atoms with Crippen molar-refractivity contribution in [3.8, 4) is 5.75 Å². The minimum Gasteiger partial charge on any atom is -0.506 e. The van der Waals surface area contributed by atoms with Crippen LogP contribution in [-0.2, 0) is 6.42 Å². The molecule has 1 aliphatic rings. The SMILES string of the molecule is CCN1CCCC1Cc1cn2cc(O)ccc2n1. The fraction of sp³-hybridized carbons (Fsp3) is 0.500. The first kappa shape index (κ1) is 11.5. The molecule has 3 heterocycles. The lowest BCUT2D eigenvalue weighted by Gasteiger charge is -2.21. The number of imidazole rings is 1. The van der Waals surface area contributed by atoms with Gasteiger partial charge in [-0.2, -0.15) is 0 Å². The highest BCUT2D eigenvalue weighted by Crippen LogP contribution is 2.21. The molecular weight excluding hydrogens is 226 g/mol. The van der Waals surface area contributed by atoms with Crippen LogP contribution < -0.4 is 0 Å². The predicted octanol–water partition coefficient (Wildman–Crippen LogP) is 2.07. The van der Waals surface area contributed by atoms with E-state index in [0.717, 1.165) is 24.3 Å². The van der Waals surface area contributed by atoms with Gasteiger partial charge < -0.3 is 14.4 Å². The van der Waals surface area contributed by atoms with E-state index in [-0.39, 0.29) is 5.75 Å². The van der Waals surface area contributed by atoms with Crippen molar-refractivity contribution < 1.29 is 5.11 Å². The van der Waals surface area contributed by atoms with Gasteiger partial charge in [-0.25, -0.2) is 4.98 Å². The van der Waals surface area contributed by atoms with E-state index in [1.165, 1.54) is 19.4 Å². The number of likely N-dealkylation sites (tertiary alicyclic amines) is 1. The first-order chi connectivity index (χ1) is 8.76. The molecule has 0 spiro atoms. The van der Waals surface area contributed by atoms with E-state index in [1.807, 2.05) is 16.7 Å². The lowest BCUT2D eigenvalue weighted by molar-refractivity contribution is 0.265. The van der Waals surface area contributed by atoms with E-state index in [2.05, 4.69) is 16.8 Å². The number of hydrogen-bond donors (Lipinski definition) is 1. The summed E-state index contributed by atoms with van der Waals surface area (Å²) in [4.78, 5) is 7.14. The highest BCUT2D eigenvalue weighted by Gasteiger charge is 2.23. The molecule has 0 aromatic carbocycles. The second kappa shape index (κ2) is 4.61. The van der Waals surface area contributed by atoms with Gasteiger partial charge >= 0.3 is 0 Å². The van der Waals surface area contributed by atoms with E-state index < -0.39 is 0 Å². The summed E-state index contributed by atoms with van der Waals surface area (Å²) in [5.41, 5.74) is 2.02. The summed E-state index contributed by atoms with van der Waals surface area (Å²) in [6, 6.07) is 4.17. The second-order valence-corrected chi connectivity index (χ2v) is 5.01. The highest BCUT2D eigenvalue weighted by molar-refractivity contribution is 5.42. The van der Waals surface area contributed by atoms with Crippen LogP contribution in [0.5, 0.6) is 5.75 Å². The zero-order valence-electron chi connectivity index (χ0n) is 10.7. The van der Waals surface area contributed by atoms with Gasteiger partial charge in [0.1, 0.15) is 11.4 Å². The Hall–Kier alpha value is -1.55. The molecule has 1 fully saturated rings. The molecule has 96 valence electrons. The normalized spacial score (nSPS) is 20.8. The van der Waals surface area contributed by atoms with Crippen molar-refractivity contribution >= 4 is 5.65 Å². The van der Waals surface area contributed by atoms with Crippen molar-refractivity contribution in [1.82, 2.24) is 14.3 Å².